The molecule has 1 aromatic carbocycles. The Kier molecular flexibility index (Phi) is 7.00. The van der Waals surface area contributed by atoms with Gasteiger partial charge in [0.05, 0.1) is 25.8 Å². The van der Waals surface area contributed by atoms with E-state index in [1.165, 1.54) is 11.7 Å². The minimum absolute atomic E-state index is 0.00767. The number of carbonyl (C=O) groups excluding carboxylic acids is 1. The second-order valence-corrected chi connectivity index (χ2v) is 8.84. The fourth-order valence-corrected chi connectivity index (χ4v) is 4.65. The minimum Gasteiger partial charge on any atom is -0.465 e. The van der Waals surface area contributed by atoms with E-state index in [1.54, 1.807) is 36.7 Å². The standard InChI is InChI=1S/C24H27ClN6O4/c1-4-5-12-30-19-20(27-23(30)29-11-7-8-15(26)13-29)28(2)24(34)31(21(19)32)14-17-16(22(33)35-3)9-6-10-18(17)25/h6,9-10,15H,7-8,11-14,26H2,1-3H3/t15-/m1/s1. The first-order valence-corrected chi connectivity index (χ1v) is 11.6. The first-order valence-electron chi connectivity index (χ1n) is 11.2. The molecule has 11 heteroatoms. The van der Waals surface area contributed by atoms with E-state index in [9.17, 15) is 14.4 Å². The Morgan fingerprint density at radius 3 is 2.77 bits per heavy atom. The van der Waals surface area contributed by atoms with Crippen molar-refractivity contribution in [2.75, 3.05) is 25.1 Å². The molecule has 4 rings (SSSR count). The van der Waals surface area contributed by atoms with Gasteiger partial charge in [0.15, 0.2) is 11.2 Å². The summed E-state index contributed by atoms with van der Waals surface area (Å²) < 4.78 is 8.97. The van der Waals surface area contributed by atoms with Crippen LogP contribution < -0.4 is 21.9 Å². The minimum atomic E-state index is -0.611. The molecule has 0 bridgehead atoms. The van der Waals surface area contributed by atoms with E-state index in [0.29, 0.717) is 18.1 Å². The maximum atomic E-state index is 13.8. The van der Waals surface area contributed by atoms with Crippen LogP contribution in [0.15, 0.2) is 27.8 Å². The molecular weight excluding hydrogens is 472 g/mol. The molecule has 184 valence electrons. The highest BCUT2D eigenvalue weighted by Crippen LogP contribution is 2.24. The number of nitrogens with zero attached hydrogens (tertiary/aromatic N) is 5. The number of benzene rings is 1. The molecule has 10 nitrogen and oxygen atoms in total. The number of carbonyl (C=O) groups is 1. The van der Waals surface area contributed by atoms with Crippen molar-refractivity contribution in [3.63, 3.8) is 0 Å². The Hall–Kier alpha value is -3.55. The number of hydrogen-bond donors (Lipinski definition) is 1. The number of aryl methyl sites for hydroxylation is 1. The van der Waals surface area contributed by atoms with Crippen LogP contribution in [0.5, 0.6) is 0 Å². The molecule has 0 unspecified atom stereocenters. The highest BCUT2D eigenvalue weighted by molar-refractivity contribution is 6.31. The lowest BCUT2D eigenvalue weighted by Crippen LogP contribution is -2.44. The van der Waals surface area contributed by atoms with E-state index >= 15 is 0 Å². The third-order valence-electron chi connectivity index (χ3n) is 6.21. The average molecular weight is 499 g/mol. The van der Waals surface area contributed by atoms with Gasteiger partial charge < -0.3 is 15.4 Å². The van der Waals surface area contributed by atoms with E-state index < -0.39 is 17.2 Å². The van der Waals surface area contributed by atoms with E-state index in [4.69, 9.17) is 22.1 Å². The summed E-state index contributed by atoms with van der Waals surface area (Å²) in [5.74, 6) is 5.80. The number of rotatable bonds is 5. The molecule has 2 aromatic heterocycles. The molecule has 1 fully saturated rings. The van der Waals surface area contributed by atoms with Gasteiger partial charge in [-0.25, -0.2) is 9.59 Å². The molecule has 1 aliphatic heterocycles. The molecule has 1 aliphatic rings. The van der Waals surface area contributed by atoms with Crippen molar-refractivity contribution >= 4 is 34.7 Å². The fraction of sp³-hybridized carbons (Fsp3) is 0.417. The number of hydrogen-bond acceptors (Lipinski definition) is 7. The van der Waals surface area contributed by atoms with Crippen molar-refractivity contribution in [1.29, 1.82) is 0 Å². The lowest BCUT2D eigenvalue weighted by molar-refractivity contribution is 0.0599. The Labute approximate surface area is 206 Å². The van der Waals surface area contributed by atoms with Gasteiger partial charge in [-0.1, -0.05) is 23.6 Å². The molecule has 0 amide bonds. The average Bonchev–Trinajstić information content (AvgIpc) is 3.24. The number of aromatic nitrogens is 4. The lowest BCUT2D eigenvalue weighted by Gasteiger charge is -2.31. The van der Waals surface area contributed by atoms with Crippen LogP contribution in [0.3, 0.4) is 0 Å². The molecule has 0 radical (unpaired) electrons. The van der Waals surface area contributed by atoms with Crippen molar-refractivity contribution in [3.05, 3.63) is 55.2 Å². The Morgan fingerprint density at radius 2 is 2.09 bits per heavy atom. The summed E-state index contributed by atoms with van der Waals surface area (Å²) in [4.78, 5) is 46.1. The van der Waals surface area contributed by atoms with Crippen molar-refractivity contribution in [3.8, 4) is 11.8 Å². The van der Waals surface area contributed by atoms with Crippen molar-refractivity contribution < 1.29 is 9.53 Å². The number of nitrogens with two attached hydrogens (primary N) is 1. The molecule has 35 heavy (non-hydrogen) atoms. The zero-order valence-corrected chi connectivity index (χ0v) is 20.6. The normalized spacial score (nSPS) is 15.7. The van der Waals surface area contributed by atoms with Crippen molar-refractivity contribution in [2.45, 2.75) is 38.9 Å². The van der Waals surface area contributed by atoms with Crippen LogP contribution >= 0.6 is 11.6 Å². The zero-order chi connectivity index (χ0) is 25.3. The Bertz CT molecular complexity index is 1480. The van der Waals surface area contributed by atoms with Gasteiger partial charge >= 0.3 is 11.7 Å². The zero-order valence-electron chi connectivity index (χ0n) is 19.9. The SMILES string of the molecule is CC#CCn1c(N2CCC[C@@H](N)C2)nc2c1c(=O)n(Cc1c(Cl)cccc1C(=O)OC)c(=O)n2C. The number of anilines is 1. The predicted molar refractivity (Wildman–Crippen MR) is 134 cm³/mol. The molecule has 0 saturated carbocycles. The van der Waals surface area contributed by atoms with Gasteiger partial charge in [0.2, 0.25) is 5.95 Å². The highest BCUT2D eigenvalue weighted by Gasteiger charge is 2.27. The Morgan fingerprint density at radius 1 is 1.31 bits per heavy atom. The van der Waals surface area contributed by atoms with Gasteiger partial charge in [-0.2, -0.15) is 4.98 Å². The molecule has 0 spiro atoms. The summed E-state index contributed by atoms with van der Waals surface area (Å²) >= 11 is 6.38. The molecule has 1 saturated heterocycles. The van der Waals surface area contributed by atoms with Crippen molar-refractivity contribution in [2.24, 2.45) is 12.8 Å². The van der Waals surface area contributed by atoms with Gasteiger partial charge in [0.25, 0.3) is 5.56 Å². The summed E-state index contributed by atoms with van der Waals surface area (Å²) in [5, 5.41) is 0.246. The second kappa shape index (κ2) is 9.98. The van der Waals surface area contributed by atoms with Crippen LogP contribution in [0, 0.1) is 11.8 Å². The van der Waals surface area contributed by atoms with Crippen molar-refractivity contribution in [1.82, 2.24) is 18.7 Å². The van der Waals surface area contributed by atoms with Crippen LogP contribution in [0.25, 0.3) is 11.2 Å². The number of piperidine rings is 1. The molecule has 2 N–H and O–H groups in total. The third kappa shape index (κ3) is 4.45. The highest BCUT2D eigenvalue weighted by atomic mass is 35.5. The second-order valence-electron chi connectivity index (χ2n) is 8.44. The smallest absolute Gasteiger partial charge is 0.338 e. The van der Waals surface area contributed by atoms with Crippen LogP contribution in [0.1, 0.15) is 35.7 Å². The Balaban J connectivity index is 1.95. The number of methoxy groups -OCH3 is 1. The lowest BCUT2D eigenvalue weighted by atomic mass is 10.1. The number of fused-ring (bicyclic) bond motifs is 1. The van der Waals surface area contributed by atoms with Crippen LogP contribution in [0.2, 0.25) is 5.02 Å². The monoisotopic (exact) mass is 498 g/mol. The summed E-state index contributed by atoms with van der Waals surface area (Å²) in [5.41, 5.74) is 6.07. The van der Waals surface area contributed by atoms with Gasteiger partial charge in [0.1, 0.15) is 0 Å². The first-order chi connectivity index (χ1) is 16.8. The maximum Gasteiger partial charge on any atom is 0.338 e. The topological polar surface area (TPSA) is 117 Å². The van der Waals surface area contributed by atoms with Crippen LogP contribution in [-0.2, 0) is 24.9 Å². The quantitative estimate of drug-likeness (QED) is 0.416. The molecule has 3 heterocycles. The van der Waals surface area contributed by atoms with E-state index in [0.717, 1.165) is 24.0 Å². The van der Waals surface area contributed by atoms with Gasteiger partial charge in [-0.3, -0.25) is 18.5 Å². The number of imidazole rings is 1. The van der Waals surface area contributed by atoms with Gasteiger partial charge in [-0.05, 0) is 31.9 Å². The van der Waals surface area contributed by atoms with Crippen LogP contribution in [0.4, 0.5) is 5.95 Å². The summed E-state index contributed by atoms with van der Waals surface area (Å²) in [6, 6.07) is 4.73. The number of halogens is 1. The van der Waals surface area contributed by atoms with E-state index in [2.05, 4.69) is 16.8 Å². The molecular formula is C24H27ClN6O4. The molecule has 1 atom stereocenters. The fourth-order valence-electron chi connectivity index (χ4n) is 4.42. The summed E-state index contributed by atoms with van der Waals surface area (Å²) in [7, 11) is 2.81. The molecule has 0 aliphatic carbocycles. The predicted octanol–water partition coefficient (Wildman–Crippen LogP) is 1.34. The van der Waals surface area contributed by atoms with E-state index in [-0.39, 0.29) is 40.9 Å². The van der Waals surface area contributed by atoms with Gasteiger partial charge in [-0.15, -0.1) is 5.92 Å². The maximum absolute atomic E-state index is 13.8. The van der Waals surface area contributed by atoms with E-state index in [1.807, 2.05) is 4.90 Å². The number of esters is 1. The summed E-state index contributed by atoms with van der Waals surface area (Å²) in [6.07, 6.45) is 1.81. The third-order valence-corrected chi connectivity index (χ3v) is 6.56. The van der Waals surface area contributed by atoms with Gasteiger partial charge in [0, 0.05) is 36.8 Å². The molecule has 3 aromatic rings. The summed E-state index contributed by atoms with van der Waals surface area (Å²) in [6.45, 7) is 3.06. The largest absolute Gasteiger partial charge is 0.465 e. The number of ether oxygens (including phenoxy) is 1. The van der Waals surface area contributed by atoms with Crippen LogP contribution in [-0.4, -0.2) is 50.9 Å². The first kappa shape index (κ1) is 24.6.